The van der Waals surface area contributed by atoms with E-state index < -0.39 is 24.7 Å². The lowest BCUT2D eigenvalue weighted by molar-refractivity contribution is -0.233. The predicted octanol–water partition coefficient (Wildman–Crippen LogP) is 3.09. The van der Waals surface area contributed by atoms with Crippen molar-refractivity contribution in [2.24, 2.45) is 0 Å². The Morgan fingerprint density at radius 3 is 2.56 bits per heavy atom. The van der Waals surface area contributed by atoms with E-state index in [4.69, 9.17) is 9.15 Å². The number of aryl methyl sites for hydroxylation is 1. The van der Waals surface area contributed by atoms with Crippen molar-refractivity contribution in [3.05, 3.63) is 23.2 Å². The fourth-order valence-corrected chi connectivity index (χ4v) is 2.88. The number of nitrogens with zero attached hydrogens (tertiary/aromatic N) is 2. The molecule has 5 nitrogen and oxygen atoms in total. The highest BCUT2D eigenvalue weighted by molar-refractivity contribution is 5.92. The second-order valence-corrected chi connectivity index (χ2v) is 6.03. The first-order chi connectivity index (χ1) is 11.8. The molecule has 0 bridgehead atoms. The molecular formula is C17H25F3N2O3. The van der Waals surface area contributed by atoms with Gasteiger partial charge in [0.25, 0.3) is 5.91 Å². The summed E-state index contributed by atoms with van der Waals surface area (Å²) in [6, 6.07) is 1.66. The number of morpholine rings is 1. The van der Waals surface area contributed by atoms with Crippen molar-refractivity contribution >= 4 is 5.91 Å². The summed E-state index contributed by atoms with van der Waals surface area (Å²) in [7, 11) is 0. The highest BCUT2D eigenvalue weighted by Crippen LogP contribution is 2.27. The Morgan fingerprint density at radius 2 is 2.00 bits per heavy atom. The summed E-state index contributed by atoms with van der Waals surface area (Å²) >= 11 is 0. The molecule has 2 rings (SSSR count). The van der Waals surface area contributed by atoms with Gasteiger partial charge in [0.15, 0.2) is 11.9 Å². The summed E-state index contributed by atoms with van der Waals surface area (Å²) in [6.45, 7) is 7.89. The molecule has 1 aliphatic rings. The SMILES string of the molecule is CCc1oc(C(=O)N2CCOC(C(F)(F)F)C2)cc1CN(CC)CC. The summed E-state index contributed by atoms with van der Waals surface area (Å²) in [6.07, 6.45) is -5.80. The summed E-state index contributed by atoms with van der Waals surface area (Å²) < 4.78 is 48.9. The van der Waals surface area contributed by atoms with Gasteiger partial charge >= 0.3 is 6.18 Å². The van der Waals surface area contributed by atoms with E-state index in [-0.39, 0.29) is 18.9 Å². The molecule has 1 unspecified atom stereocenters. The Hall–Kier alpha value is -1.54. The molecule has 1 aromatic heterocycles. The third-order valence-corrected chi connectivity index (χ3v) is 4.44. The van der Waals surface area contributed by atoms with Gasteiger partial charge in [0, 0.05) is 25.1 Å². The van der Waals surface area contributed by atoms with Crippen LogP contribution in [0.25, 0.3) is 0 Å². The smallest absolute Gasteiger partial charge is 0.416 e. The summed E-state index contributed by atoms with van der Waals surface area (Å²) in [4.78, 5) is 15.9. The molecule has 1 aromatic rings. The zero-order valence-electron chi connectivity index (χ0n) is 14.9. The molecule has 8 heteroatoms. The highest BCUT2D eigenvalue weighted by Gasteiger charge is 2.44. The summed E-state index contributed by atoms with van der Waals surface area (Å²) in [5, 5.41) is 0. The molecule has 0 N–H and O–H groups in total. The van der Waals surface area contributed by atoms with Crippen molar-refractivity contribution in [1.82, 2.24) is 9.80 Å². The zero-order valence-corrected chi connectivity index (χ0v) is 14.9. The number of halogens is 3. The third-order valence-electron chi connectivity index (χ3n) is 4.44. The van der Waals surface area contributed by atoms with Gasteiger partial charge in [0.05, 0.1) is 13.2 Å². The van der Waals surface area contributed by atoms with Crippen LogP contribution >= 0.6 is 0 Å². The minimum atomic E-state index is -4.48. The Labute approximate surface area is 145 Å². The van der Waals surface area contributed by atoms with E-state index in [1.54, 1.807) is 6.07 Å². The maximum absolute atomic E-state index is 12.8. The minimum absolute atomic E-state index is 0.0989. The Balaban J connectivity index is 2.15. The number of ether oxygens (including phenoxy) is 1. The molecule has 1 amide bonds. The average Bonchev–Trinajstić information content (AvgIpc) is 3.01. The fourth-order valence-electron chi connectivity index (χ4n) is 2.88. The van der Waals surface area contributed by atoms with Gasteiger partial charge in [-0.2, -0.15) is 13.2 Å². The lowest BCUT2D eigenvalue weighted by Gasteiger charge is -2.33. The number of amides is 1. The average molecular weight is 362 g/mol. The van der Waals surface area contributed by atoms with Gasteiger partial charge < -0.3 is 14.1 Å². The molecule has 0 aromatic carbocycles. The van der Waals surface area contributed by atoms with Crippen molar-refractivity contribution in [3.8, 4) is 0 Å². The van der Waals surface area contributed by atoms with Crippen molar-refractivity contribution in [1.29, 1.82) is 0 Å². The highest BCUT2D eigenvalue weighted by atomic mass is 19.4. The van der Waals surface area contributed by atoms with Crippen LogP contribution in [0.2, 0.25) is 0 Å². The van der Waals surface area contributed by atoms with Gasteiger partial charge in [-0.05, 0) is 19.2 Å². The van der Waals surface area contributed by atoms with E-state index >= 15 is 0 Å². The molecule has 1 fully saturated rings. The first-order valence-electron chi connectivity index (χ1n) is 8.61. The number of carbonyl (C=O) groups excluding carboxylic acids is 1. The molecule has 1 saturated heterocycles. The zero-order chi connectivity index (χ0) is 18.6. The number of rotatable bonds is 6. The lowest BCUT2D eigenvalue weighted by Crippen LogP contribution is -2.51. The second-order valence-electron chi connectivity index (χ2n) is 6.03. The van der Waals surface area contributed by atoms with Crippen LogP contribution in [-0.4, -0.2) is 60.8 Å². The Morgan fingerprint density at radius 1 is 1.32 bits per heavy atom. The van der Waals surface area contributed by atoms with E-state index in [9.17, 15) is 18.0 Å². The molecule has 0 aliphatic carbocycles. The molecule has 0 saturated carbocycles. The van der Waals surface area contributed by atoms with Crippen LogP contribution < -0.4 is 0 Å². The van der Waals surface area contributed by atoms with Crippen LogP contribution in [0, 0.1) is 0 Å². The maximum atomic E-state index is 12.8. The number of carbonyl (C=O) groups is 1. The molecular weight excluding hydrogens is 337 g/mol. The standard InChI is InChI=1S/C17H25F3N2O3/c1-4-13-12(10-21(5-2)6-3)9-14(25-13)16(23)22-7-8-24-15(11-22)17(18,19)20/h9,15H,4-8,10-11H2,1-3H3. The van der Waals surface area contributed by atoms with Gasteiger partial charge in [-0.3, -0.25) is 9.69 Å². The third kappa shape index (κ3) is 4.76. The maximum Gasteiger partial charge on any atom is 0.416 e. The van der Waals surface area contributed by atoms with E-state index in [0.717, 1.165) is 23.6 Å². The van der Waals surface area contributed by atoms with Gasteiger partial charge in [0.2, 0.25) is 0 Å². The van der Waals surface area contributed by atoms with Crippen molar-refractivity contribution in [2.75, 3.05) is 32.8 Å². The monoisotopic (exact) mass is 362 g/mol. The van der Waals surface area contributed by atoms with Gasteiger partial charge in [-0.1, -0.05) is 20.8 Å². The first kappa shape index (κ1) is 19.8. The number of alkyl halides is 3. The molecule has 1 atom stereocenters. The van der Waals surface area contributed by atoms with E-state index in [0.29, 0.717) is 18.7 Å². The van der Waals surface area contributed by atoms with Crippen molar-refractivity contribution < 1.29 is 27.1 Å². The first-order valence-corrected chi connectivity index (χ1v) is 8.61. The summed E-state index contributed by atoms with van der Waals surface area (Å²) in [5.74, 6) is 0.288. The largest absolute Gasteiger partial charge is 0.456 e. The molecule has 142 valence electrons. The van der Waals surface area contributed by atoms with Gasteiger partial charge in [-0.25, -0.2) is 0 Å². The molecule has 1 aliphatic heterocycles. The Bertz CT molecular complexity index is 582. The lowest BCUT2D eigenvalue weighted by atomic mass is 10.2. The van der Waals surface area contributed by atoms with E-state index in [1.807, 2.05) is 20.8 Å². The quantitative estimate of drug-likeness (QED) is 0.780. The van der Waals surface area contributed by atoms with Crippen molar-refractivity contribution in [3.63, 3.8) is 0 Å². The van der Waals surface area contributed by atoms with Crippen LogP contribution in [0.4, 0.5) is 13.2 Å². The molecule has 2 heterocycles. The number of hydrogen-bond acceptors (Lipinski definition) is 4. The second kappa shape index (κ2) is 8.23. The van der Waals surface area contributed by atoms with E-state index in [1.165, 1.54) is 0 Å². The van der Waals surface area contributed by atoms with Crippen LogP contribution in [0.15, 0.2) is 10.5 Å². The number of hydrogen-bond donors (Lipinski definition) is 0. The summed E-state index contributed by atoms with van der Waals surface area (Å²) in [5.41, 5.74) is 0.912. The normalized spacial score (nSPS) is 18.8. The molecule has 25 heavy (non-hydrogen) atoms. The van der Waals surface area contributed by atoms with Crippen LogP contribution in [-0.2, 0) is 17.7 Å². The van der Waals surface area contributed by atoms with Crippen LogP contribution in [0.5, 0.6) is 0 Å². The minimum Gasteiger partial charge on any atom is -0.456 e. The van der Waals surface area contributed by atoms with Crippen LogP contribution in [0.3, 0.4) is 0 Å². The number of furan rings is 1. The fraction of sp³-hybridized carbons (Fsp3) is 0.706. The molecule has 0 radical (unpaired) electrons. The molecule has 0 spiro atoms. The predicted molar refractivity (Wildman–Crippen MR) is 86.4 cm³/mol. The van der Waals surface area contributed by atoms with Crippen molar-refractivity contribution in [2.45, 2.75) is 46.0 Å². The van der Waals surface area contributed by atoms with Gasteiger partial charge in [0.1, 0.15) is 5.76 Å². The van der Waals surface area contributed by atoms with Gasteiger partial charge in [-0.15, -0.1) is 0 Å². The van der Waals surface area contributed by atoms with E-state index in [2.05, 4.69) is 4.90 Å². The van der Waals surface area contributed by atoms with Crippen LogP contribution in [0.1, 0.15) is 42.6 Å². The Kier molecular flexibility index (Phi) is 6.51. The topological polar surface area (TPSA) is 45.9 Å².